The van der Waals surface area contributed by atoms with E-state index in [1.165, 1.54) is 6.42 Å². The first kappa shape index (κ1) is 17.5. The molecule has 0 aromatic heterocycles. The molecule has 1 aliphatic rings. The SMILES string of the molecule is CCCC(O)c1cc(C)cc(S(=O)(=O)CC2CCCCC2)c1. The molecule has 0 amide bonds. The number of aliphatic hydroxyl groups is 1. The summed E-state index contributed by atoms with van der Waals surface area (Å²) in [4.78, 5) is 0.378. The molecular weight excluding hydrogens is 296 g/mol. The second-order valence-corrected chi connectivity index (χ2v) is 8.70. The molecule has 0 aliphatic heterocycles. The van der Waals surface area contributed by atoms with E-state index in [1.54, 1.807) is 12.1 Å². The summed E-state index contributed by atoms with van der Waals surface area (Å²) in [6, 6.07) is 5.30. The second kappa shape index (κ2) is 7.60. The highest BCUT2D eigenvalue weighted by Gasteiger charge is 2.24. The lowest BCUT2D eigenvalue weighted by molar-refractivity contribution is 0.166. The summed E-state index contributed by atoms with van der Waals surface area (Å²) in [5.74, 6) is 0.544. The fourth-order valence-electron chi connectivity index (χ4n) is 3.35. The van der Waals surface area contributed by atoms with Crippen LogP contribution in [-0.2, 0) is 9.84 Å². The van der Waals surface area contributed by atoms with E-state index in [1.807, 2.05) is 19.9 Å². The Balaban J connectivity index is 2.22. The maximum atomic E-state index is 12.7. The van der Waals surface area contributed by atoms with Gasteiger partial charge in [-0.15, -0.1) is 0 Å². The van der Waals surface area contributed by atoms with Gasteiger partial charge in [-0.05, 0) is 55.4 Å². The van der Waals surface area contributed by atoms with E-state index in [2.05, 4.69) is 0 Å². The van der Waals surface area contributed by atoms with Crippen molar-refractivity contribution >= 4 is 9.84 Å². The lowest BCUT2D eigenvalue weighted by Gasteiger charge is -2.21. The van der Waals surface area contributed by atoms with Crippen LogP contribution in [0.2, 0.25) is 0 Å². The molecule has 1 aliphatic carbocycles. The predicted molar refractivity (Wildman–Crippen MR) is 89.7 cm³/mol. The minimum atomic E-state index is -3.26. The largest absolute Gasteiger partial charge is 0.388 e. The molecule has 1 atom stereocenters. The molecule has 124 valence electrons. The average Bonchev–Trinajstić information content (AvgIpc) is 2.47. The van der Waals surface area contributed by atoms with Crippen LogP contribution in [0, 0.1) is 12.8 Å². The van der Waals surface area contributed by atoms with Gasteiger partial charge in [0.05, 0.1) is 16.8 Å². The van der Waals surface area contributed by atoms with Gasteiger partial charge in [-0.1, -0.05) is 38.7 Å². The Kier molecular flexibility index (Phi) is 6.04. The van der Waals surface area contributed by atoms with Gasteiger partial charge in [-0.25, -0.2) is 8.42 Å². The summed E-state index contributed by atoms with van der Waals surface area (Å²) in [7, 11) is -3.26. The maximum absolute atomic E-state index is 12.7. The molecule has 1 aromatic carbocycles. The first-order valence-electron chi connectivity index (χ1n) is 8.45. The van der Waals surface area contributed by atoms with Crippen molar-refractivity contribution in [1.29, 1.82) is 0 Å². The van der Waals surface area contributed by atoms with Gasteiger partial charge in [0, 0.05) is 0 Å². The Morgan fingerprint density at radius 2 is 1.86 bits per heavy atom. The van der Waals surface area contributed by atoms with E-state index >= 15 is 0 Å². The van der Waals surface area contributed by atoms with E-state index in [4.69, 9.17) is 0 Å². The van der Waals surface area contributed by atoms with Gasteiger partial charge in [-0.3, -0.25) is 0 Å². The van der Waals surface area contributed by atoms with E-state index in [0.29, 0.717) is 17.2 Å². The van der Waals surface area contributed by atoms with Crippen LogP contribution in [0.25, 0.3) is 0 Å². The average molecular weight is 324 g/mol. The number of aliphatic hydroxyl groups excluding tert-OH is 1. The van der Waals surface area contributed by atoms with Crippen molar-refractivity contribution < 1.29 is 13.5 Å². The lowest BCUT2D eigenvalue weighted by atomic mass is 9.91. The fourth-order valence-corrected chi connectivity index (χ4v) is 5.18. The molecule has 4 heteroatoms. The van der Waals surface area contributed by atoms with Gasteiger partial charge in [-0.2, -0.15) is 0 Å². The van der Waals surface area contributed by atoms with Crippen LogP contribution in [0.1, 0.15) is 69.1 Å². The van der Waals surface area contributed by atoms with Crippen LogP contribution in [0.3, 0.4) is 0 Å². The van der Waals surface area contributed by atoms with Gasteiger partial charge in [0.2, 0.25) is 0 Å². The summed E-state index contributed by atoms with van der Waals surface area (Å²) >= 11 is 0. The number of hydrogen-bond acceptors (Lipinski definition) is 3. The smallest absolute Gasteiger partial charge is 0.178 e. The standard InChI is InChI=1S/C18H28O3S/c1-3-7-18(19)16-10-14(2)11-17(12-16)22(20,21)13-15-8-5-4-6-9-15/h10-12,15,18-19H,3-9,13H2,1-2H3. The number of benzene rings is 1. The minimum absolute atomic E-state index is 0.250. The molecule has 1 saturated carbocycles. The van der Waals surface area contributed by atoms with E-state index in [9.17, 15) is 13.5 Å². The van der Waals surface area contributed by atoms with Crippen LogP contribution in [0.4, 0.5) is 0 Å². The van der Waals surface area contributed by atoms with Crippen molar-refractivity contribution in [1.82, 2.24) is 0 Å². The molecule has 0 bridgehead atoms. The van der Waals surface area contributed by atoms with Crippen molar-refractivity contribution in [3.63, 3.8) is 0 Å². The lowest BCUT2D eigenvalue weighted by Crippen LogP contribution is -2.19. The van der Waals surface area contributed by atoms with Crippen molar-refractivity contribution in [3.05, 3.63) is 29.3 Å². The molecule has 1 fully saturated rings. The first-order chi connectivity index (χ1) is 10.4. The molecule has 1 N–H and O–H groups in total. The molecule has 3 nitrogen and oxygen atoms in total. The third-order valence-electron chi connectivity index (χ3n) is 4.56. The second-order valence-electron chi connectivity index (χ2n) is 6.67. The van der Waals surface area contributed by atoms with E-state index in [-0.39, 0.29) is 5.75 Å². The van der Waals surface area contributed by atoms with E-state index < -0.39 is 15.9 Å². The highest BCUT2D eigenvalue weighted by Crippen LogP contribution is 2.29. The third-order valence-corrected chi connectivity index (χ3v) is 6.42. The third kappa shape index (κ3) is 4.56. The van der Waals surface area contributed by atoms with Crippen LogP contribution in [0.15, 0.2) is 23.1 Å². The molecule has 0 saturated heterocycles. The monoisotopic (exact) mass is 324 g/mol. The molecule has 22 heavy (non-hydrogen) atoms. The van der Waals surface area contributed by atoms with Crippen LogP contribution >= 0.6 is 0 Å². The van der Waals surface area contributed by atoms with Crippen LogP contribution in [-0.4, -0.2) is 19.3 Å². The number of sulfone groups is 1. The van der Waals surface area contributed by atoms with Crippen molar-refractivity contribution in [2.75, 3.05) is 5.75 Å². The molecule has 1 unspecified atom stereocenters. The zero-order valence-corrected chi connectivity index (χ0v) is 14.5. The highest BCUT2D eigenvalue weighted by atomic mass is 32.2. The molecule has 0 spiro atoms. The summed E-state index contributed by atoms with van der Waals surface area (Å²) in [5, 5.41) is 10.2. The number of rotatable bonds is 6. The van der Waals surface area contributed by atoms with Crippen LogP contribution in [0.5, 0.6) is 0 Å². The number of aryl methyl sites for hydroxylation is 1. The Bertz CT molecular complexity index is 586. The topological polar surface area (TPSA) is 54.4 Å². The molecule has 1 aromatic rings. The zero-order chi connectivity index (χ0) is 16.2. The van der Waals surface area contributed by atoms with Gasteiger partial charge >= 0.3 is 0 Å². The summed E-state index contributed by atoms with van der Waals surface area (Å²) < 4.78 is 25.4. The number of hydrogen-bond donors (Lipinski definition) is 1. The Hall–Kier alpha value is -0.870. The normalized spacial score (nSPS) is 18.3. The Morgan fingerprint density at radius 1 is 1.18 bits per heavy atom. The predicted octanol–water partition coefficient (Wildman–Crippen LogP) is 4.18. The van der Waals surface area contributed by atoms with Gasteiger partial charge in [0.1, 0.15) is 0 Å². The highest BCUT2D eigenvalue weighted by molar-refractivity contribution is 7.91. The molecule has 2 rings (SSSR count). The van der Waals surface area contributed by atoms with Crippen molar-refractivity contribution in [2.24, 2.45) is 5.92 Å². The molecule has 0 radical (unpaired) electrons. The summed E-state index contributed by atoms with van der Waals surface area (Å²) in [6.45, 7) is 3.90. The molecule has 0 heterocycles. The van der Waals surface area contributed by atoms with Crippen molar-refractivity contribution in [2.45, 2.75) is 69.8 Å². The molecular formula is C18H28O3S. The Morgan fingerprint density at radius 3 is 2.50 bits per heavy atom. The van der Waals surface area contributed by atoms with Crippen LogP contribution < -0.4 is 0 Å². The maximum Gasteiger partial charge on any atom is 0.178 e. The summed E-state index contributed by atoms with van der Waals surface area (Å²) in [6.07, 6.45) is 6.53. The van der Waals surface area contributed by atoms with Crippen molar-refractivity contribution in [3.8, 4) is 0 Å². The summed E-state index contributed by atoms with van der Waals surface area (Å²) in [5.41, 5.74) is 1.62. The quantitative estimate of drug-likeness (QED) is 0.854. The zero-order valence-electron chi connectivity index (χ0n) is 13.7. The van der Waals surface area contributed by atoms with Gasteiger partial charge < -0.3 is 5.11 Å². The first-order valence-corrected chi connectivity index (χ1v) is 10.1. The fraction of sp³-hybridized carbons (Fsp3) is 0.667. The van der Waals surface area contributed by atoms with Gasteiger partial charge in [0.25, 0.3) is 0 Å². The minimum Gasteiger partial charge on any atom is -0.388 e. The van der Waals surface area contributed by atoms with E-state index in [0.717, 1.165) is 43.2 Å². The van der Waals surface area contributed by atoms with Gasteiger partial charge in [0.15, 0.2) is 9.84 Å². The Labute approximate surface area is 134 Å².